The van der Waals surface area contributed by atoms with Crippen molar-refractivity contribution in [2.45, 2.75) is 19.8 Å². The van der Waals surface area contributed by atoms with E-state index in [1.165, 1.54) is 18.9 Å². The van der Waals surface area contributed by atoms with Gasteiger partial charge in [0.25, 0.3) is 11.6 Å². The molecule has 1 saturated carbocycles. The minimum Gasteiger partial charge on any atom is -0.321 e. The van der Waals surface area contributed by atoms with E-state index in [-0.39, 0.29) is 11.6 Å². The molecule has 0 atom stereocenters. The van der Waals surface area contributed by atoms with E-state index in [2.05, 4.69) is 17.5 Å². The number of carbonyl (C=O) groups is 1. The molecule has 2 aromatic carbocycles. The summed E-state index contributed by atoms with van der Waals surface area (Å²) in [6.45, 7) is 1.62. The Balaban J connectivity index is 1.72. The van der Waals surface area contributed by atoms with E-state index in [0.29, 0.717) is 22.7 Å². The van der Waals surface area contributed by atoms with Crippen LogP contribution in [0.25, 0.3) is 6.08 Å². The van der Waals surface area contributed by atoms with Crippen molar-refractivity contribution < 1.29 is 9.72 Å². The van der Waals surface area contributed by atoms with Gasteiger partial charge in [0.2, 0.25) is 0 Å². The van der Waals surface area contributed by atoms with Gasteiger partial charge in [-0.15, -0.1) is 0 Å². The van der Waals surface area contributed by atoms with E-state index < -0.39 is 4.92 Å². The van der Waals surface area contributed by atoms with E-state index in [9.17, 15) is 14.9 Å². The second-order valence-corrected chi connectivity index (χ2v) is 5.98. The zero-order valence-electron chi connectivity index (χ0n) is 13.4. The van der Waals surface area contributed by atoms with Gasteiger partial charge >= 0.3 is 0 Å². The first-order valence-corrected chi connectivity index (χ1v) is 7.88. The summed E-state index contributed by atoms with van der Waals surface area (Å²) in [7, 11) is 0. The summed E-state index contributed by atoms with van der Waals surface area (Å²) >= 11 is 0. The molecule has 0 heterocycles. The molecule has 24 heavy (non-hydrogen) atoms. The zero-order chi connectivity index (χ0) is 17.1. The van der Waals surface area contributed by atoms with E-state index in [0.717, 1.165) is 5.56 Å². The van der Waals surface area contributed by atoms with Gasteiger partial charge in [0.15, 0.2) is 0 Å². The first-order valence-electron chi connectivity index (χ1n) is 7.88. The molecule has 1 N–H and O–H groups in total. The van der Waals surface area contributed by atoms with E-state index in [1.807, 2.05) is 12.1 Å². The van der Waals surface area contributed by atoms with Crippen LogP contribution < -0.4 is 5.32 Å². The molecule has 122 valence electrons. The van der Waals surface area contributed by atoms with Gasteiger partial charge in [-0.2, -0.15) is 0 Å². The van der Waals surface area contributed by atoms with Crippen LogP contribution in [0.2, 0.25) is 0 Å². The fourth-order valence-electron chi connectivity index (χ4n) is 2.43. The van der Waals surface area contributed by atoms with Gasteiger partial charge < -0.3 is 5.32 Å². The van der Waals surface area contributed by atoms with E-state index in [4.69, 9.17) is 0 Å². The summed E-state index contributed by atoms with van der Waals surface area (Å²) in [6.07, 6.45) is 6.80. The van der Waals surface area contributed by atoms with Crippen LogP contribution in [0.5, 0.6) is 0 Å². The summed E-state index contributed by atoms with van der Waals surface area (Å²) in [4.78, 5) is 22.9. The largest absolute Gasteiger partial charge is 0.321 e. The molecule has 0 spiro atoms. The average Bonchev–Trinajstić information content (AvgIpc) is 3.39. The van der Waals surface area contributed by atoms with Crippen LogP contribution in [-0.2, 0) is 0 Å². The summed E-state index contributed by atoms with van der Waals surface area (Å²) in [5, 5.41) is 13.7. The minimum atomic E-state index is -0.452. The van der Waals surface area contributed by atoms with Crippen LogP contribution in [0, 0.1) is 23.0 Å². The summed E-state index contributed by atoms with van der Waals surface area (Å²) in [6, 6.07) is 12.0. The fourth-order valence-corrected chi connectivity index (χ4v) is 2.43. The van der Waals surface area contributed by atoms with Crippen molar-refractivity contribution in [3.05, 3.63) is 75.3 Å². The molecule has 0 unspecified atom stereocenters. The highest BCUT2D eigenvalue weighted by atomic mass is 16.6. The Morgan fingerprint density at radius 3 is 2.54 bits per heavy atom. The molecular weight excluding hydrogens is 304 g/mol. The van der Waals surface area contributed by atoms with Gasteiger partial charge in [0.05, 0.1) is 16.2 Å². The summed E-state index contributed by atoms with van der Waals surface area (Å²) in [5.74, 6) is 0.432. The Labute approximate surface area is 140 Å². The van der Waals surface area contributed by atoms with Gasteiger partial charge in [0, 0.05) is 11.6 Å². The second kappa shape index (κ2) is 6.66. The van der Waals surface area contributed by atoms with Gasteiger partial charge in [-0.25, -0.2) is 0 Å². The predicted molar refractivity (Wildman–Crippen MR) is 94.0 cm³/mol. The third-order valence-electron chi connectivity index (χ3n) is 4.11. The van der Waals surface area contributed by atoms with Crippen molar-refractivity contribution in [2.24, 2.45) is 5.92 Å². The van der Waals surface area contributed by atoms with Crippen LogP contribution in [0.4, 0.5) is 11.4 Å². The number of amides is 1. The van der Waals surface area contributed by atoms with Crippen molar-refractivity contribution in [3.8, 4) is 0 Å². The van der Waals surface area contributed by atoms with Gasteiger partial charge in [-0.1, -0.05) is 30.4 Å². The zero-order valence-corrected chi connectivity index (χ0v) is 13.4. The molecule has 2 aromatic rings. The summed E-state index contributed by atoms with van der Waals surface area (Å²) < 4.78 is 0. The number of anilines is 1. The lowest BCUT2D eigenvalue weighted by molar-refractivity contribution is -0.385. The number of nitro groups is 1. The highest BCUT2D eigenvalue weighted by molar-refractivity contribution is 6.05. The van der Waals surface area contributed by atoms with Gasteiger partial charge in [-0.3, -0.25) is 14.9 Å². The van der Waals surface area contributed by atoms with E-state index >= 15 is 0 Å². The first kappa shape index (κ1) is 15.9. The second-order valence-electron chi connectivity index (χ2n) is 5.98. The first-order chi connectivity index (χ1) is 11.5. The van der Waals surface area contributed by atoms with Crippen LogP contribution in [0.3, 0.4) is 0 Å². The number of hydrogen-bond donors (Lipinski definition) is 1. The van der Waals surface area contributed by atoms with Crippen molar-refractivity contribution >= 4 is 23.4 Å². The van der Waals surface area contributed by atoms with Crippen molar-refractivity contribution in [2.75, 3.05) is 5.32 Å². The molecule has 1 fully saturated rings. The standard InChI is InChI=1S/C19H18N2O3/c1-13-17(3-2-4-18(13)21(23)24)20-19(22)16-11-9-15(10-12-16)8-7-14-5-6-14/h2-4,7-12,14H,5-6H2,1H3,(H,20,22)/b8-7+. The maximum Gasteiger partial charge on any atom is 0.274 e. The predicted octanol–water partition coefficient (Wildman–Crippen LogP) is 4.58. The fraction of sp³-hybridized carbons (Fsp3) is 0.211. The molecule has 0 saturated heterocycles. The Morgan fingerprint density at radius 1 is 1.21 bits per heavy atom. The molecule has 5 nitrogen and oxygen atoms in total. The quantitative estimate of drug-likeness (QED) is 0.647. The number of rotatable bonds is 5. The molecule has 1 aliphatic rings. The van der Waals surface area contributed by atoms with Gasteiger partial charge in [0.1, 0.15) is 0 Å². The number of benzene rings is 2. The van der Waals surface area contributed by atoms with Crippen LogP contribution in [0.1, 0.15) is 34.3 Å². The van der Waals surface area contributed by atoms with Crippen LogP contribution in [-0.4, -0.2) is 10.8 Å². The maximum absolute atomic E-state index is 12.3. The average molecular weight is 322 g/mol. The molecule has 0 radical (unpaired) electrons. The Hall–Kier alpha value is -2.95. The van der Waals surface area contributed by atoms with Crippen LogP contribution >= 0.6 is 0 Å². The lowest BCUT2D eigenvalue weighted by atomic mass is 10.1. The smallest absolute Gasteiger partial charge is 0.274 e. The number of carbonyl (C=O) groups excluding carboxylic acids is 1. The monoisotopic (exact) mass is 322 g/mol. The molecule has 1 aliphatic carbocycles. The molecular formula is C19H18N2O3. The third kappa shape index (κ3) is 3.68. The molecule has 0 aromatic heterocycles. The molecule has 3 rings (SSSR count). The molecule has 0 bridgehead atoms. The molecule has 0 aliphatic heterocycles. The highest BCUT2D eigenvalue weighted by Crippen LogP contribution is 2.31. The Kier molecular flexibility index (Phi) is 4.42. The number of nitro benzene ring substituents is 1. The normalized spacial score (nSPS) is 13.9. The van der Waals surface area contributed by atoms with E-state index in [1.54, 1.807) is 31.2 Å². The number of hydrogen-bond acceptors (Lipinski definition) is 3. The Bertz CT molecular complexity index is 806. The highest BCUT2D eigenvalue weighted by Gasteiger charge is 2.17. The number of nitrogens with zero attached hydrogens (tertiary/aromatic N) is 1. The topological polar surface area (TPSA) is 72.2 Å². The molecule has 5 heteroatoms. The third-order valence-corrected chi connectivity index (χ3v) is 4.11. The minimum absolute atomic E-state index is 0.00615. The Morgan fingerprint density at radius 2 is 1.92 bits per heavy atom. The maximum atomic E-state index is 12.3. The number of allylic oxidation sites excluding steroid dienone is 1. The van der Waals surface area contributed by atoms with Crippen molar-refractivity contribution in [3.63, 3.8) is 0 Å². The lowest BCUT2D eigenvalue weighted by Gasteiger charge is -2.08. The SMILES string of the molecule is Cc1c(NC(=O)c2ccc(/C=C/C3CC3)cc2)cccc1[N+](=O)[O-]. The molecule has 1 amide bonds. The van der Waals surface area contributed by atoms with Crippen LogP contribution in [0.15, 0.2) is 48.5 Å². The number of nitrogens with one attached hydrogen (secondary N) is 1. The van der Waals surface area contributed by atoms with Crippen molar-refractivity contribution in [1.82, 2.24) is 0 Å². The van der Waals surface area contributed by atoms with Gasteiger partial charge in [-0.05, 0) is 49.4 Å². The van der Waals surface area contributed by atoms with Crippen molar-refractivity contribution in [1.29, 1.82) is 0 Å². The summed E-state index contributed by atoms with van der Waals surface area (Å²) in [5.41, 5.74) is 2.47. The lowest BCUT2D eigenvalue weighted by Crippen LogP contribution is -2.13.